The lowest BCUT2D eigenvalue weighted by Gasteiger charge is -2.39. The van der Waals surface area contributed by atoms with Gasteiger partial charge in [0, 0.05) is 18.0 Å². The number of ether oxygens (including phenoxy) is 1. The Morgan fingerprint density at radius 3 is 2.31 bits per heavy atom. The number of alkyl halides is 3. The van der Waals surface area contributed by atoms with Crippen LogP contribution in [0.5, 0.6) is 5.88 Å². The summed E-state index contributed by atoms with van der Waals surface area (Å²) in [6.07, 6.45) is 1.54. The first-order valence-corrected chi connectivity index (χ1v) is 15.5. The van der Waals surface area contributed by atoms with E-state index in [-0.39, 0.29) is 52.3 Å². The van der Waals surface area contributed by atoms with Crippen LogP contribution < -0.4 is 9.64 Å². The normalized spacial score (nSPS) is 25.5. The van der Waals surface area contributed by atoms with Crippen LogP contribution in [0.25, 0.3) is 0 Å². The van der Waals surface area contributed by atoms with Gasteiger partial charge in [0.05, 0.1) is 16.3 Å². The molecule has 3 fully saturated rings. The first-order valence-electron chi connectivity index (χ1n) is 14.7. The third kappa shape index (κ3) is 6.43. The minimum Gasteiger partial charge on any atom is -0.477 e. The Morgan fingerprint density at radius 1 is 1.07 bits per heavy atom. The fourth-order valence-electron chi connectivity index (χ4n) is 6.21. The Hall–Kier alpha value is -3.13. The number of hydrogen-bond acceptors (Lipinski definition) is 6. The van der Waals surface area contributed by atoms with Crippen molar-refractivity contribution in [1.82, 2.24) is 10.2 Å². The highest BCUT2D eigenvalue weighted by molar-refractivity contribution is 7.15. The van der Waals surface area contributed by atoms with Crippen LogP contribution in [0.4, 0.5) is 18.9 Å². The van der Waals surface area contributed by atoms with E-state index >= 15 is 0 Å². The van der Waals surface area contributed by atoms with Crippen molar-refractivity contribution < 1.29 is 32.6 Å². The van der Waals surface area contributed by atoms with Crippen LogP contribution >= 0.6 is 11.3 Å². The zero-order valence-corrected chi connectivity index (χ0v) is 24.7. The van der Waals surface area contributed by atoms with Gasteiger partial charge in [0.2, 0.25) is 11.8 Å². The van der Waals surface area contributed by atoms with E-state index < -0.39 is 17.6 Å². The molecule has 7 nitrogen and oxygen atoms in total. The van der Waals surface area contributed by atoms with Crippen molar-refractivity contribution in [1.29, 1.82) is 0 Å². The number of aromatic nitrogens is 2. The summed E-state index contributed by atoms with van der Waals surface area (Å²) in [5.41, 5.74) is -1.02. The van der Waals surface area contributed by atoms with Gasteiger partial charge in [-0.05, 0) is 95.6 Å². The summed E-state index contributed by atoms with van der Waals surface area (Å²) in [7, 11) is 0. The van der Waals surface area contributed by atoms with Gasteiger partial charge in [0.1, 0.15) is 16.4 Å². The second-order valence-electron chi connectivity index (χ2n) is 12.0. The molecular weight excluding hydrogens is 567 g/mol. The Labute approximate surface area is 247 Å². The number of carbonyl (C=O) groups is 2. The van der Waals surface area contributed by atoms with Crippen molar-refractivity contribution in [3.63, 3.8) is 0 Å². The van der Waals surface area contributed by atoms with E-state index in [9.17, 15) is 27.9 Å². The van der Waals surface area contributed by atoms with Crippen LogP contribution in [0.15, 0.2) is 18.2 Å². The van der Waals surface area contributed by atoms with Gasteiger partial charge in [-0.1, -0.05) is 18.8 Å². The molecule has 0 aromatic carbocycles. The lowest BCUT2D eigenvalue weighted by Crippen LogP contribution is -2.47. The Morgan fingerprint density at radius 2 is 1.76 bits per heavy atom. The van der Waals surface area contributed by atoms with Gasteiger partial charge in [-0.2, -0.15) is 18.3 Å². The standard InChI is InChI=1S/C31H36F3N3O4S/c1-19-4-7-21(8-5-19)28(38)37(22-9-11-23(12-10-22)41-26-13-6-20(2)35-36-26)25-18-24(42-27(25)29(39)40)14-17-30(15-3-16-30)31(32,33)34/h6,13,18-19,21-23H,3-5,7-12,15-16H2,1-2H3,(H,39,40)/t19-,21-,22-,23-. The Bertz CT molecular complexity index is 1340. The second kappa shape index (κ2) is 12.2. The molecule has 0 aliphatic heterocycles. The van der Waals surface area contributed by atoms with Gasteiger partial charge in [-0.15, -0.1) is 16.4 Å². The quantitative estimate of drug-likeness (QED) is 0.352. The number of carbonyl (C=O) groups excluding carboxylic acids is 1. The minimum atomic E-state index is -4.45. The van der Waals surface area contributed by atoms with Crippen LogP contribution in [0.3, 0.4) is 0 Å². The van der Waals surface area contributed by atoms with Crippen LogP contribution in [-0.4, -0.2) is 45.5 Å². The van der Waals surface area contributed by atoms with Crippen LogP contribution in [0.2, 0.25) is 0 Å². The molecule has 11 heteroatoms. The smallest absolute Gasteiger partial charge is 0.405 e. The molecule has 226 valence electrons. The molecule has 0 saturated heterocycles. The number of aryl methyl sites for hydroxylation is 1. The molecule has 0 unspecified atom stereocenters. The largest absolute Gasteiger partial charge is 0.477 e. The van der Waals surface area contributed by atoms with Crippen molar-refractivity contribution in [3.8, 4) is 17.7 Å². The van der Waals surface area contributed by atoms with Crippen molar-refractivity contribution >= 4 is 28.9 Å². The number of nitrogens with zero attached hydrogens (tertiary/aromatic N) is 3. The number of thiophene rings is 1. The number of amides is 1. The number of carboxylic acid groups (broad SMARTS) is 1. The van der Waals surface area contributed by atoms with Crippen LogP contribution in [0.1, 0.15) is 97.8 Å². The van der Waals surface area contributed by atoms with Crippen molar-refractivity contribution in [2.45, 2.75) is 103 Å². The SMILES string of the molecule is Cc1ccc(O[C@H]2CC[C@H](N(c3cc(C#CC4(C(F)(F)F)CCC4)sc3C(=O)O)C(=O)[C@H]3CC[C@H](C)CC3)CC2)nn1. The highest BCUT2D eigenvalue weighted by atomic mass is 32.1. The molecule has 1 amide bonds. The second-order valence-corrected chi connectivity index (χ2v) is 13.1. The van der Waals surface area contributed by atoms with Gasteiger partial charge in [0.15, 0.2) is 0 Å². The van der Waals surface area contributed by atoms with Crippen LogP contribution in [-0.2, 0) is 4.79 Å². The van der Waals surface area contributed by atoms with Crippen molar-refractivity contribution in [3.05, 3.63) is 33.6 Å². The average Bonchev–Trinajstić information content (AvgIpc) is 3.34. The molecule has 0 radical (unpaired) electrons. The fourth-order valence-corrected chi connectivity index (χ4v) is 7.05. The molecule has 3 aliphatic carbocycles. The molecule has 0 spiro atoms. The molecule has 0 atom stereocenters. The molecule has 3 aliphatic rings. The van der Waals surface area contributed by atoms with Gasteiger partial charge < -0.3 is 14.7 Å². The van der Waals surface area contributed by atoms with E-state index in [0.29, 0.717) is 43.9 Å². The molecule has 5 rings (SSSR count). The number of carboxylic acids is 1. The van der Waals surface area contributed by atoms with E-state index in [1.807, 2.05) is 13.0 Å². The summed E-state index contributed by atoms with van der Waals surface area (Å²) >= 11 is 0.839. The molecule has 2 aromatic heterocycles. The molecule has 42 heavy (non-hydrogen) atoms. The van der Waals surface area contributed by atoms with Gasteiger partial charge in [0.25, 0.3) is 0 Å². The number of rotatable bonds is 6. The van der Waals surface area contributed by atoms with E-state index in [4.69, 9.17) is 4.74 Å². The van der Waals surface area contributed by atoms with E-state index in [0.717, 1.165) is 42.7 Å². The number of hydrogen-bond donors (Lipinski definition) is 1. The Balaban J connectivity index is 1.42. The highest BCUT2D eigenvalue weighted by Crippen LogP contribution is 2.52. The maximum Gasteiger partial charge on any atom is 0.405 e. The predicted molar refractivity (Wildman–Crippen MR) is 153 cm³/mol. The minimum absolute atomic E-state index is 0.0578. The molecule has 3 saturated carbocycles. The summed E-state index contributed by atoms with van der Waals surface area (Å²) in [4.78, 5) is 28.3. The first-order chi connectivity index (χ1) is 20.0. The topological polar surface area (TPSA) is 92.6 Å². The number of aromatic carboxylic acids is 1. The molecule has 1 N–H and O–H groups in total. The van der Waals surface area contributed by atoms with Crippen molar-refractivity contribution in [2.24, 2.45) is 17.3 Å². The third-order valence-corrected chi connectivity index (χ3v) is 10.0. The summed E-state index contributed by atoms with van der Waals surface area (Å²) in [6, 6.07) is 4.85. The summed E-state index contributed by atoms with van der Waals surface area (Å²) in [5.74, 6) is 4.49. The highest BCUT2D eigenvalue weighted by Gasteiger charge is 2.57. The monoisotopic (exact) mass is 603 g/mol. The maximum absolute atomic E-state index is 14.1. The summed E-state index contributed by atoms with van der Waals surface area (Å²) in [6.45, 7) is 4.01. The van der Waals surface area contributed by atoms with Crippen molar-refractivity contribution in [2.75, 3.05) is 4.90 Å². The zero-order valence-electron chi connectivity index (χ0n) is 23.9. The third-order valence-electron chi connectivity index (χ3n) is 9.01. The van der Waals surface area contributed by atoms with Gasteiger partial charge in [-0.3, -0.25) is 4.79 Å². The average molecular weight is 604 g/mol. The molecule has 2 aromatic rings. The number of anilines is 1. The van der Waals surface area contributed by atoms with Crippen LogP contribution in [0, 0.1) is 36.0 Å². The zero-order chi connectivity index (χ0) is 30.1. The lowest BCUT2D eigenvalue weighted by atomic mass is 9.69. The van der Waals surface area contributed by atoms with E-state index in [1.54, 1.807) is 11.0 Å². The van der Waals surface area contributed by atoms with Gasteiger partial charge in [-0.25, -0.2) is 4.79 Å². The molecule has 2 heterocycles. The van der Waals surface area contributed by atoms with E-state index in [1.165, 1.54) is 6.07 Å². The lowest BCUT2D eigenvalue weighted by molar-refractivity contribution is -0.225. The van der Waals surface area contributed by atoms with E-state index in [2.05, 4.69) is 29.0 Å². The predicted octanol–water partition coefficient (Wildman–Crippen LogP) is 7.18. The maximum atomic E-state index is 14.1. The summed E-state index contributed by atoms with van der Waals surface area (Å²) in [5, 5.41) is 18.2. The molecule has 0 bridgehead atoms. The number of halogens is 3. The Kier molecular flexibility index (Phi) is 8.83. The fraction of sp³-hybridized carbons (Fsp3) is 0.613. The summed E-state index contributed by atoms with van der Waals surface area (Å²) < 4.78 is 47.1. The van der Waals surface area contributed by atoms with Gasteiger partial charge >= 0.3 is 12.1 Å². The molecular formula is C31H36F3N3O4S. The first kappa shape index (κ1) is 30.3.